The zero-order valence-corrected chi connectivity index (χ0v) is 25.6. The lowest BCUT2D eigenvalue weighted by Gasteiger charge is -2.21. The van der Waals surface area contributed by atoms with E-state index < -0.39 is 8.07 Å². The summed E-state index contributed by atoms with van der Waals surface area (Å²) in [5, 5.41) is 5.56. The zero-order valence-electron chi connectivity index (χ0n) is 24.6. The SMILES string of the molecule is CCOc1cc(C(=O)N(C)Cc2c(C3CC3)ncc3cnn(COCC[Si](C)(C)C)c23)ccc1-c1cccc(F)c1. The van der Waals surface area contributed by atoms with E-state index in [1.54, 1.807) is 23.1 Å². The van der Waals surface area contributed by atoms with Crippen molar-refractivity contribution in [2.45, 2.75) is 64.6 Å². The van der Waals surface area contributed by atoms with Crippen LogP contribution in [0.4, 0.5) is 4.39 Å². The molecule has 0 N–H and O–H groups in total. The Bertz CT molecular complexity index is 1540. The molecule has 0 atom stereocenters. The monoisotopic (exact) mass is 574 g/mol. The number of amides is 1. The number of benzene rings is 2. The summed E-state index contributed by atoms with van der Waals surface area (Å²) >= 11 is 0. The third-order valence-electron chi connectivity index (χ3n) is 7.39. The van der Waals surface area contributed by atoms with Crippen molar-refractivity contribution in [1.82, 2.24) is 19.7 Å². The van der Waals surface area contributed by atoms with E-state index in [0.29, 0.717) is 49.3 Å². The maximum absolute atomic E-state index is 13.9. The summed E-state index contributed by atoms with van der Waals surface area (Å²) in [5.74, 6) is 0.505. The smallest absolute Gasteiger partial charge is 0.254 e. The first-order valence-electron chi connectivity index (χ1n) is 14.3. The van der Waals surface area contributed by atoms with Gasteiger partial charge in [-0.2, -0.15) is 5.10 Å². The lowest BCUT2D eigenvalue weighted by molar-refractivity contribution is 0.0780. The van der Waals surface area contributed by atoms with Gasteiger partial charge in [-0.3, -0.25) is 9.78 Å². The highest BCUT2D eigenvalue weighted by atomic mass is 28.3. The van der Waals surface area contributed by atoms with Crippen LogP contribution in [0.2, 0.25) is 25.7 Å². The molecule has 9 heteroatoms. The summed E-state index contributed by atoms with van der Waals surface area (Å²) in [4.78, 5) is 20.2. The van der Waals surface area contributed by atoms with E-state index in [1.165, 1.54) is 12.1 Å². The fourth-order valence-corrected chi connectivity index (χ4v) is 5.77. The fraction of sp³-hybridized carbons (Fsp3) is 0.406. The van der Waals surface area contributed by atoms with Gasteiger partial charge in [-0.05, 0) is 61.7 Å². The molecule has 2 heterocycles. The summed E-state index contributed by atoms with van der Waals surface area (Å²) in [7, 11) is 0.614. The first kappa shape index (κ1) is 28.9. The minimum Gasteiger partial charge on any atom is -0.493 e. The number of hydrogen-bond acceptors (Lipinski definition) is 5. The molecule has 1 amide bonds. The van der Waals surface area contributed by atoms with Crippen molar-refractivity contribution in [3.63, 3.8) is 0 Å². The van der Waals surface area contributed by atoms with E-state index >= 15 is 0 Å². The van der Waals surface area contributed by atoms with Crippen molar-refractivity contribution in [1.29, 1.82) is 0 Å². The average Bonchev–Trinajstić information content (AvgIpc) is 3.70. The van der Waals surface area contributed by atoms with Crippen LogP contribution in [0.1, 0.15) is 47.3 Å². The van der Waals surface area contributed by atoms with Gasteiger partial charge in [0.1, 0.15) is 18.3 Å². The molecule has 0 saturated heterocycles. The number of ether oxygens (including phenoxy) is 2. The van der Waals surface area contributed by atoms with E-state index in [1.807, 2.05) is 43.2 Å². The highest BCUT2D eigenvalue weighted by Crippen LogP contribution is 2.42. The molecule has 1 aliphatic carbocycles. The molecular weight excluding hydrogens is 535 g/mol. The van der Waals surface area contributed by atoms with Gasteiger partial charge in [0.2, 0.25) is 0 Å². The molecule has 0 radical (unpaired) electrons. The quantitative estimate of drug-likeness (QED) is 0.133. The van der Waals surface area contributed by atoms with Gasteiger partial charge < -0.3 is 14.4 Å². The number of fused-ring (bicyclic) bond motifs is 1. The van der Waals surface area contributed by atoms with Crippen LogP contribution < -0.4 is 4.74 Å². The molecule has 4 aromatic rings. The van der Waals surface area contributed by atoms with Gasteiger partial charge in [0.05, 0.1) is 24.0 Å². The number of pyridine rings is 1. The fourth-order valence-electron chi connectivity index (χ4n) is 5.01. The van der Waals surface area contributed by atoms with E-state index in [2.05, 4.69) is 24.7 Å². The van der Waals surface area contributed by atoms with Crippen molar-refractivity contribution in [2.24, 2.45) is 0 Å². The molecule has 41 heavy (non-hydrogen) atoms. The maximum Gasteiger partial charge on any atom is 0.254 e. The second-order valence-electron chi connectivity index (χ2n) is 12.0. The van der Waals surface area contributed by atoms with E-state index in [-0.39, 0.29) is 11.7 Å². The van der Waals surface area contributed by atoms with Crippen molar-refractivity contribution in [2.75, 3.05) is 20.3 Å². The Morgan fingerprint density at radius 2 is 1.95 bits per heavy atom. The molecule has 216 valence electrons. The average molecular weight is 575 g/mol. The Morgan fingerprint density at radius 1 is 1.15 bits per heavy atom. The molecule has 0 aliphatic heterocycles. The summed E-state index contributed by atoms with van der Waals surface area (Å²) < 4.78 is 27.7. The minimum atomic E-state index is -1.20. The van der Waals surface area contributed by atoms with E-state index in [4.69, 9.17) is 14.5 Å². The first-order valence-corrected chi connectivity index (χ1v) is 18.0. The van der Waals surface area contributed by atoms with Crippen LogP contribution >= 0.6 is 0 Å². The van der Waals surface area contributed by atoms with Crippen molar-refractivity contribution in [3.05, 3.63) is 77.5 Å². The van der Waals surface area contributed by atoms with Gasteiger partial charge in [-0.15, -0.1) is 0 Å². The summed E-state index contributed by atoms with van der Waals surface area (Å²) in [5.41, 5.74) is 4.99. The molecule has 0 spiro atoms. The molecule has 1 saturated carbocycles. The van der Waals surface area contributed by atoms with E-state index in [0.717, 1.165) is 46.6 Å². The Labute approximate surface area is 242 Å². The minimum absolute atomic E-state index is 0.132. The molecule has 5 rings (SSSR count). The van der Waals surface area contributed by atoms with Gasteiger partial charge in [0.15, 0.2) is 0 Å². The Kier molecular flexibility index (Phi) is 8.56. The number of carbonyl (C=O) groups is 1. The van der Waals surface area contributed by atoms with Gasteiger partial charge in [-0.1, -0.05) is 31.8 Å². The molecular formula is C32H39FN4O3Si. The molecule has 0 bridgehead atoms. The lowest BCUT2D eigenvalue weighted by Crippen LogP contribution is -2.27. The van der Waals surface area contributed by atoms with E-state index in [9.17, 15) is 9.18 Å². The van der Waals surface area contributed by atoms with Crippen LogP contribution in [0, 0.1) is 5.82 Å². The lowest BCUT2D eigenvalue weighted by atomic mass is 10.0. The van der Waals surface area contributed by atoms with Crippen molar-refractivity contribution >= 4 is 24.9 Å². The largest absolute Gasteiger partial charge is 0.493 e. The third-order valence-corrected chi connectivity index (χ3v) is 9.09. The first-order chi connectivity index (χ1) is 19.6. The summed E-state index contributed by atoms with van der Waals surface area (Å²) in [6.45, 7) is 10.8. The zero-order chi connectivity index (χ0) is 29.1. The third kappa shape index (κ3) is 6.85. The summed E-state index contributed by atoms with van der Waals surface area (Å²) in [6.07, 6.45) is 5.91. The Hall–Kier alpha value is -3.56. The highest BCUT2D eigenvalue weighted by Gasteiger charge is 2.30. The van der Waals surface area contributed by atoms with Crippen LogP contribution in [0.5, 0.6) is 5.75 Å². The summed E-state index contributed by atoms with van der Waals surface area (Å²) in [6, 6.07) is 12.8. The number of nitrogens with zero attached hydrogens (tertiary/aromatic N) is 4. The Balaban J connectivity index is 1.41. The standard InChI is InChI=1S/C32H39FN4O3Si/c1-6-40-29-17-24(12-13-27(29)23-8-7-9-26(33)16-23)32(38)36(2)20-28-30(22-10-11-22)34-18-25-19-35-37(31(25)28)21-39-14-15-41(3,4)5/h7-9,12-13,16-19,22H,6,10-11,14-15,20-21H2,1-5H3. The van der Waals surface area contributed by atoms with Crippen molar-refractivity contribution in [3.8, 4) is 16.9 Å². The van der Waals surface area contributed by atoms with Gasteiger partial charge in [0, 0.05) is 62.5 Å². The van der Waals surface area contributed by atoms with Crippen LogP contribution in [0.3, 0.4) is 0 Å². The normalized spacial score (nSPS) is 13.5. The molecule has 2 aromatic carbocycles. The van der Waals surface area contributed by atoms with Gasteiger partial charge >= 0.3 is 0 Å². The van der Waals surface area contributed by atoms with Gasteiger partial charge in [-0.25, -0.2) is 9.07 Å². The second-order valence-corrected chi connectivity index (χ2v) is 17.6. The Morgan fingerprint density at radius 3 is 2.66 bits per heavy atom. The van der Waals surface area contributed by atoms with Crippen LogP contribution in [-0.2, 0) is 18.0 Å². The molecule has 0 unspecified atom stereocenters. The van der Waals surface area contributed by atoms with Gasteiger partial charge in [0.25, 0.3) is 5.91 Å². The van der Waals surface area contributed by atoms with Crippen LogP contribution in [0.15, 0.2) is 54.9 Å². The molecule has 1 fully saturated rings. The second kappa shape index (κ2) is 12.1. The number of aromatic nitrogens is 3. The van der Waals surface area contributed by atoms with Crippen molar-refractivity contribution < 1.29 is 18.7 Å². The number of hydrogen-bond donors (Lipinski definition) is 0. The highest BCUT2D eigenvalue weighted by molar-refractivity contribution is 6.76. The molecule has 7 nitrogen and oxygen atoms in total. The van der Waals surface area contributed by atoms with Crippen LogP contribution in [0.25, 0.3) is 22.0 Å². The predicted octanol–water partition coefficient (Wildman–Crippen LogP) is 7.10. The predicted molar refractivity (Wildman–Crippen MR) is 162 cm³/mol. The number of halogens is 1. The number of carbonyl (C=O) groups excluding carboxylic acids is 1. The molecule has 1 aliphatic rings. The topological polar surface area (TPSA) is 69.5 Å². The number of rotatable bonds is 12. The maximum atomic E-state index is 13.9. The molecule has 2 aromatic heterocycles. The van der Waals surface area contributed by atoms with Crippen LogP contribution in [-0.4, -0.2) is 53.9 Å².